The van der Waals surface area contributed by atoms with Crippen molar-refractivity contribution in [2.45, 2.75) is 33.4 Å². The molecule has 1 unspecified atom stereocenters. The smallest absolute Gasteiger partial charge is 0.339 e. The van der Waals surface area contributed by atoms with Gasteiger partial charge in [-0.3, -0.25) is 4.57 Å². The van der Waals surface area contributed by atoms with Gasteiger partial charge in [-0.15, -0.1) is 10.2 Å². The van der Waals surface area contributed by atoms with Crippen LogP contribution in [0, 0.1) is 13.8 Å². The number of aryl methyl sites for hydroxylation is 2. The average Bonchev–Trinajstić information content (AvgIpc) is 3.03. The summed E-state index contributed by atoms with van der Waals surface area (Å²) in [6.45, 7) is 7.92. The Bertz CT molecular complexity index is 804. The molecule has 2 aromatic rings. The lowest BCUT2D eigenvalue weighted by Crippen LogP contribution is -2.16. The highest BCUT2D eigenvalue weighted by molar-refractivity contribution is 7.54. The lowest BCUT2D eigenvalue weighted by atomic mass is 10.1. The second-order valence-corrected chi connectivity index (χ2v) is 9.19. The maximum absolute atomic E-state index is 13.5. The van der Waals surface area contributed by atoms with Gasteiger partial charge in [0, 0.05) is 6.54 Å². The molecule has 0 aliphatic rings. The van der Waals surface area contributed by atoms with Crippen molar-refractivity contribution >= 4 is 24.1 Å². The lowest BCUT2D eigenvalue weighted by molar-refractivity contribution is 0.213. The third-order valence-corrected chi connectivity index (χ3v) is 7.14. The molecule has 0 spiro atoms. The van der Waals surface area contributed by atoms with Gasteiger partial charge in [0.05, 0.1) is 20.3 Å². The zero-order valence-electron chi connectivity index (χ0n) is 16.2. The number of phenols is 1. The molecule has 0 fully saturated rings. The minimum absolute atomic E-state index is 0.0513. The number of rotatable bonds is 10. The number of aromatic hydroxyl groups is 1. The Morgan fingerprint density at radius 1 is 1.22 bits per heavy atom. The number of hydrogen-bond acceptors (Lipinski definition) is 9. The molecule has 150 valence electrons. The van der Waals surface area contributed by atoms with Crippen LogP contribution in [0.1, 0.15) is 35.6 Å². The first kappa shape index (κ1) is 21.6. The van der Waals surface area contributed by atoms with Crippen LogP contribution in [0.15, 0.2) is 12.1 Å². The molecule has 0 radical (unpaired) electrons. The summed E-state index contributed by atoms with van der Waals surface area (Å²) in [6.07, 6.45) is 0. The second kappa shape index (κ2) is 9.50. The highest BCUT2D eigenvalue weighted by Crippen LogP contribution is 2.61. The van der Waals surface area contributed by atoms with E-state index in [4.69, 9.17) is 13.8 Å². The summed E-state index contributed by atoms with van der Waals surface area (Å²) in [5.74, 6) is 0.358. The van der Waals surface area contributed by atoms with Crippen LogP contribution in [0.25, 0.3) is 0 Å². The number of anilines is 1. The molecule has 27 heavy (non-hydrogen) atoms. The van der Waals surface area contributed by atoms with Crippen LogP contribution in [-0.4, -0.2) is 42.2 Å². The van der Waals surface area contributed by atoms with Gasteiger partial charge in [0.25, 0.3) is 0 Å². The van der Waals surface area contributed by atoms with Crippen LogP contribution in [-0.2, 0) is 13.6 Å². The van der Waals surface area contributed by atoms with Gasteiger partial charge in [-0.25, -0.2) is 0 Å². The molecule has 0 aliphatic carbocycles. The molecule has 1 aromatic heterocycles. The van der Waals surface area contributed by atoms with Crippen molar-refractivity contribution in [2.75, 3.05) is 32.2 Å². The number of nitrogens with one attached hydrogen (secondary N) is 1. The molecule has 0 aliphatic heterocycles. The van der Waals surface area contributed by atoms with Crippen LogP contribution in [0.4, 0.5) is 5.13 Å². The Hall–Kier alpha value is -1.67. The molecule has 8 nitrogen and oxygen atoms in total. The first-order valence-electron chi connectivity index (χ1n) is 8.64. The molecule has 1 atom stereocenters. The van der Waals surface area contributed by atoms with Crippen molar-refractivity contribution in [3.05, 3.63) is 28.3 Å². The fourth-order valence-electron chi connectivity index (χ4n) is 2.66. The normalized spacial score (nSPS) is 12.8. The molecule has 0 amide bonds. The SMILES string of the molecule is CCOP(=O)(OCC)C(CNc1nnc(C)s1)c1cc(C)c(O)c(OC)c1. The van der Waals surface area contributed by atoms with E-state index in [0.29, 0.717) is 22.0 Å². The first-order valence-corrected chi connectivity index (χ1v) is 11.1. The number of ether oxygens (including phenoxy) is 1. The van der Waals surface area contributed by atoms with Crippen molar-refractivity contribution in [3.8, 4) is 11.5 Å². The highest BCUT2D eigenvalue weighted by Gasteiger charge is 2.37. The zero-order valence-corrected chi connectivity index (χ0v) is 17.9. The number of nitrogens with zero attached hydrogens (tertiary/aromatic N) is 2. The molecular weight excluding hydrogens is 389 g/mol. The fraction of sp³-hybridized carbons (Fsp3) is 0.529. The van der Waals surface area contributed by atoms with Crippen LogP contribution >= 0.6 is 18.9 Å². The summed E-state index contributed by atoms with van der Waals surface area (Å²) in [5.41, 5.74) is 0.677. The highest BCUT2D eigenvalue weighted by atomic mass is 32.1. The number of methoxy groups -OCH3 is 1. The predicted molar refractivity (Wildman–Crippen MR) is 106 cm³/mol. The molecule has 2 N–H and O–H groups in total. The van der Waals surface area contributed by atoms with Crippen molar-refractivity contribution in [1.82, 2.24) is 10.2 Å². The molecular formula is C17H26N3O5PS. The number of aromatic nitrogens is 2. The van der Waals surface area contributed by atoms with E-state index in [9.17, 15) is 9.67 Å². The third-order valence-electron chi connectivity index (χ3n) is 3.87. The predicted octanol–water partition coefficient (Wildman–Crippen LogP) is 4.29. The number of phenolic OH excluding ortho intramolecular Hbond substituents is 1. The van der Waals surface area contributed by atoms with Gasteiger partial charge in [-0.05, 0) is 44.9 Å². The summed E-state index contributed by atoms with van der Waals surface area (Å²) < 4.78 is 29.9. The lowest BCUT2D eigenvalue weighted by Gasteiger charge is -2.27. The topological polar surface area (TPSA) is 103 Å². The van der Waals surface area contributed by atoms with E-state index in [0.717, 1.165) is 5.01 Å². The monoisotopic (exact) mass is 415 g/mol. The third kappa shape index (κ3) is 5.19. The van der Waals surface area contributed by atoms with Crippen molar-refractivity contribution in [3.63, 3.8) is 0 Å². The average molecular weight is 415 g/mol. The Labute approximate surface area is 163 Å². The molecule has 0 saturated heterocycles. The molecule has 0 bridgehead atoms. The van der Waals surface area contributed by atoms with E-state index in [-0.39, 0.29) is 25.5 Å². The van der Waals surface area contributed by atoms with E-state index in [2.05, 4.69) is 15.5 Å². The summed E-state index contributed by atoms with van der Waals surface area (Å²) in [4.78, 5) is 0. The molecule has 0 saturated carbocycles. The molecule has 1 aromatic carbocycles. The summed E-state index contributed by atoms with van der Waals surface area (Å²) in [5, 5.41) is 22.8. The van der Waals surface area contributed by atoms with Gasteiger partial charge in [0.15, 0.2) is 11.5 Å². The minimum Gasteiger partial charge on any atom is -0.504 e. The van der Waals surface area contributed by atoms with Gasteiger partial charge in [-0.1, -0.05) is 17.4 Å². The Kier molecular flexibility index (Phi) is 7.61. The van der Waals surface area contributed by atoms with Crippen LogP contribution in [0.2, 0.25) is 0 Å². The van der Waals surface area contributed by atoms with Crippen molar-refractivity contribution in [1.29, 1.82) is 0 Å². The quantitative estimate of drug-likeness (QED) is 0.554. The van der Waals surface area contributed by atoms with Gasteiger partial charge < -0.3 is 24.2 Å². The van der Waals surface area contributed by atoms with Crippen molar-refractivity contribution in [2.24, 2.45) is 0 Å². The van der Waals surface area contributed by atoms with Gasteiger partial charge in [0.2, 0.25) is 5.13 Å². The Morgan fingerprint density at radius 2 is 1.89 bits per heavy atom. The summed E-state index contributed by atoms with van der Waals surface area (Å²) in [6, 6.07) is 3.42. The maximum atomic E-state index is 13.5. The van der Waals surface area contributed by atoms with Crippen LogP contribution < -0.4 is 10.1 Å². The Morgan fingerprint density at radius 3 is 2.41 bits per heavy atom. The van der Waals surface area contributed by atoms with E-state index in [1.807, 2.05) is 6.92 Å². The van der Waals surface area contributed by atoms with Crippen LogP contribution in [0.3, 0.4) is 0 Å². The summed E-state index contributed by atoms with van der Waals surface area (Å²) >= 11 is 1.41. The zero-order chi connectivity index (χ0) is 20.0. The first-order chi connectivity index (χ1) is 12.8. The van der Waals surface area contributed by atoms with E-state index in [1.165, 1.54) is 18.4 Å². The second-order valence-electron chi connectivity index (χ2n) is 5.79. The molecule has 2 rings (SSSR count). The maximum Gasteiger partial charge on any atom is 0.339 e. The minimum atomic E-state index is -3.49. The largest absolute Gasteiger partial charge is 0.504 e. The van der Waals surface area contributed by atoms with Crippen LogP contribution in [0.5, 0.6) is 11.5 Å². The fourth-order valence-corrected chi connectivity index (χ4v) is 5.25. The number of benzene rings is 1. The molecule has 10 heteroatoms. The van der Waals surface area contributed by atoms with E-state index in [1.54, 1.807) is 32.9 Å². The van der Waals surface area contributed by atoms with E-state index >= 15 is 0 Å². The van der Waals surface area contributed by atoms with Gasteiger partial charge in [-0.2, -0.15) is 0 Å². The standard InChI is InChI=1S/C17H26N3O5PS/c1-6-24-26(22,25-7-2)15(10-18-17-20-19-12(4)27-17)13-8-11(3)16(21)14(9-13)23-5/h8-9,15,21H,6-7,10H2,1-5H3,(H,18,20). The van der Waals surface area contributed by atoms with Crippen molar-refractivity contribution < 1.29 is 23.5 Å². The van der Waals surface area contributed by atoms with Gasteiger partial charge >= 0.3 is 7.60 Å². The molecule has 1 heterocycles. The number of hydrogen-bond donors (Lipinski definition) is 2. The van der Waals surface area contributed by atoms with Gasteiger partial charge in [0.1, 0.15) is 10.7 Å². The van der Waals surface area contributed by atoms with E-state index < -0.39 is 13.3 Å². The Balaban J connectivity index is 2.44. The summed E-state index contributed by atoms with van der Waals surface area (Å²) in [7, 11) is -2.02.